The van der Waals surface area contributed by atoms with E-state index in [2.05, 4.69) is 0 Å². The largest absolute Gasteiger partial charge is 0.324 e. The Balaban J connectivity index is -0.00000000500. The van der Waals surface area contributed by atoms with E-state index in [1.54, 1.807) is 0 Å². The summed E-state index contributed by atoms with van der Waals surface area (Å²) in [4.78, 5) is 0. The van der Waals surface area contributed by atoms with Gasteiger partial charge in [0.2, 0.25) is 0 Å². The molecule has 0 amide bonds. The fraction of sp³-hybridized carbons (Fsp3) is 0. The molecule has 0 fully saturated rings. The molecule has 1 radical (unpaired) electrons. The Morgan fingerprint density at radius 2 is 1.25 bits per heavy atom. The van der Waals surface area contributed by atoms with Crippen molar-refractivity contribution in [1.82, 2.24) is 0 Å². The topological polar surface area (TPSA) is 20.2 Å². The van der Waals surface area contributed by atoms with Gasteiger partial charge in [0.15, 0.2) is 0 Å². The van der Waals surface area contributed by atoms with E-state index >= 15 is 0 Å². The van der Waals surface area contributed by atoms with Gasteiger partial charge in [-0.15, -0.1) is 0 Å². The van der Waals surface area contributed by atoms with Gasteiger partial charge in [-0.3, -0.25) is 0 Å². The van der Waals surface area contributed by atoms with Crippen molar-refractivity contribution in [2.75, 3.05) is 0 Å². The molecule has 0 saturated carbocycles. The van der Waals surface area contributed by atoms with Gasteiger partial charge in [0.05, 0.1) is 16.3 Å². The maximum Gasteiger partial charge on any atom is 0.0957 e. The second kappa shape index (κ2) is 16.7. The van der Waals surface area contributed by atoms with Crippen LogP contribution < -0.4 is 0 Å². The van der Waals surface area contributed by atoms with Crippen molar-refractivity contribution in [2.24, 2.45) is 0 Å². The molecule has 4 heteroatoms. The minimum Gasteiger partial charge on any atom is -0.324 e. The van der Waals surface area contributed by atoms with Crippen LogP contribution in [0.2, 0.25) is 0 Å². The minimum atomic E-state index is 0. The van der Waals surface area contributed by atoms with Crippen LogP contribution in [0.15, 0.2) is 0 Å². The molecule has 0 heterocycles. The van der Waals surface area contributed by atoms with E-state index in [0.717, 1.165) is 0 Å². The van der Waals surface area contributed by atoms with Crippen molar-refractivity contribution in [3.63, 3.8) is 0 Å². The van der Waals surface area contributed by atoms with Crippen LogP contribution >= 0.6 is 16.3 Å². The van der Waals surface area contributed by atoms with E-state index in [1.807, 2.05) is 16.3 Å². The Bertz CT molecular complexity index is 8.00. The first kappa shape index (κ1) is 15.8. The van der Waals surface area contributed by atoms with Crippen LogP contribution in [0.4, 0.5) is 0 Å². The quantitative estimate of drug-likeness (QED) is 0.628. The molecule has 0 bridgehead atoms. The molecule has 0 aliphatic heterocycles. The van der Waals surface area contributed by atoms with Gasteiger partial charge in [0, 0.05) is 75.5 Å². The van der Waals surface area contributed by atoms with Gasteiger partial charge in [0.1, 0.15) is 0 Å². The first-order valence-electron chi connectivity index (χ1n) is 0.169. The number of hydrogen-bond acceptors (Lipinski definition) is 1. The Kier molecular flexibility index (Phi) is 66.0. The summed E-state index contributed by atoms with van der Waals surface area (Å²) in [6, 6.07) is 0. The summed E-state index contributed by atoms with van der Waals surface area (Å²) in [5.41, 5.74) is 0. The van der Waals surface area contributed by atoms with Gasteiger partial charge in [-0.1, -0.05) is 0 Å². The molecular weight excluding hydrogens is 392 g/mol. The van der Waals surface area contributed by atoms with Crippen LogP contribution in [0.5, 0.6) is 0 Å². The first-order valence-corrected chi connectivity index (χ1v) is 0.878. The fourth-order valence-corrected chi connectivity index (χ4v) is 0. The predicted molar refractivity (Wildman–Crippen MR) is 11.1 cm³/mol. The smallest absolute Gasteiger partial charge is 0.0957 e. The van der Waals surface area contributed by atoms with Crippen LogP contribution in [0.3, 0.4) is 0 Å². The van der Waals surface area contributed by atoms with Gasteiger partial charge >= 0.3 is 0 Å². The second-order valence-electron chi connectivity index (χ2n) is 0. The third-order valence-corrected chi connectivity index (χ3v) is 0. The summed E-state index contributed by atoms with van der Waals surface area (Å²) in [5.74, 6) is 0. The van der Waals surface area contributed by atoms with Gasteiger partial charge in [-0.2, -0.15) is 0 Å². The van der Waals surface area contributed by atoms with E-state index in [0.29, 0.717) is 0 Å². The normalized spacial score (nSPS) is 1.50. The molecule has 0 saturated heterocycles. The van der Waals surface area contributed by atoms with E-state index in [-0.39, 0.29) is 75.5 Å². The molecule has 0 aromatic carbocycles. The summed E-state index contributed by atoms with van der Waals surface area (Å²) in [6.45, 7) is 0. The van der Waals surface area contributed by atoms with E-state index < -0.39 is 0 Å². The Morgan fingerprint density at radius 1 is 1.25 bits per heavy atom. The van der Waals surface area contributed by atoms with Gasteiger partial charge in [0.25, 0.3) is 0 Å². The summed E-state index contributed by atoms with van der Waals surface area (Å²) in [6.07, 6.45) is 0. The van der Waals surface area contributed by atoms with Crippen LogP contribution in [-0.2, 0) is 0 Å². The van der Waals surface area contributed by atoms with Crippen LogP contribution in [0, 0.1) is 75.5 Å². The zero-order chi connectivity index (χ0) is 2.00. The van der Waals surface area contributed by atoms with Gasteiger partial charge < -0.3 is 4.20 Å². The molecule has 25 valence electrons. The summed E-state index contributed by atoms with van der Waals surface area (Å²) in [7, 11) is 0. The Morgan fingerprint density at radius 3 is 1.25 bits per heavy atom. The monoisotopic (exact) mass is 393 g/mol. The third kappa shape index (κ3) is 8.88. The second-order valence-corrected chi connectivity index (χ2v) is 0. The summed E-state index contributed by atoms with van der Waals surface area (Å²) >= 11 is 1.94. The average molecular weight is 393 g/mol. The Hall–Kier alpha value is 2.96. The van der Waals surface area contributed by atoms with Crippen molar-refractivity contribution in [1.29, 1.82) is 0 Å². The van der Waals surface area contributed by atoms with Gasteiger partial charge in [-0.05, 0) is 0 Å². The van der Waals surface area contributed by atoms with Crippen molar-refractivity contribution >= 4 is 16.3 Å². The van der Waals surface area contributed by atoms with E-state index in [4.69, 9.17) is 4.20 Å². The van der Waals surface area contributed by atoms with Crippen LogP contribution in [-0.4, -0.2) is 4.20 Å². The minimum absolute atomic E-state index is 0. The molecule has 0 aliphatic rings. The SMILES string of the molecule is OBr.[Gd].[La]. The average Bonchev–Trinajstić information content (AvgIpc) is 1.00. The molecule has 0 aliphatic carbocycles. The molecule has 0 unspecified atom stereocenters. The van der Waals surface area contributed by atoms with Crippen molar-refractivity contribution < 1.29 is 79.7 Å². The summed E-state index contributed by atoms with van der Waals surface area (Å²) in [5, 5.41) is 0. The van der Waals surface area contributed by atoms with Gasteiger partial charge in [-0.25, -0.2) is 0 Å². The molecule has 4 heavy (non-hydrogen) atoms. The van der Waals surface area contributed by atoms with Crippen molar-refractivity contribution in [3.8, 4) is 0 Å². The first-order chi connectivity index (χ1) is 1.00. The molecule has 0 spiro atoms. The molecule has 0 aromatic rings. The van der Waals surface area contributed by atoms with Crippen LogP contribution in [0.1, 0.15) is 0 Å². The third-order valence-electron chi connectivity index (χ3n) is 0. The number of rotatable bonds is 0. The molecule has 0 rings (SSSR count). The van der Waals surface area contributed by atoms with Crippen molar-refractivity contribution in [2.45, 2.75) is 0 Å². The molecular formula is HBrGdLaO. The van der Waals surface area contributed by atoms with Crippen molar-refractivity contribution in [3.05, 3.63) is 0 Å². The van der Waals surface area contributed by atoms with E-state index in [1.165, 1.54) is 0 Å². The summed E-state index contributed by atoms with van der Waals surface area (Å²) < 4.78 is 6.81. The standard InChI is InChI=1S/BrHO.Gd.La/c1-2;;/h2H;;. The van der Waals surface area contributed by atoms with Crippen LogP contribution in [0.25, 0.3) is 0 Å². The number of halogens is 1. The maximum absolute atomic E-state index is 6.81. The molecule has 1 N–H and O–H groups in total. The maximum atomic E-state index is 6.81. The van der Waals surface area contributed by atoms with E-state index in [9.17, 15) is 0 Å². The zero-order valence-electron chi connectivity index (χ0n) is 1.76. The predicted octanol–water partition coefficient (Wildman–Crippen LogP) is 0.289. The number of hydrogen-bond donors (Lipinski definition) is 1. The zero-order valence-corrected chi connectivity index (χ0v) is 9.24. The molecule has 0 atom stereocenters. The molecule has 1 nitrogen and oxygen atoms in total. The fourth-order valence-electron chi connectivity index (χ4n) is 0. The Labute approximate surface area is 93.7 Å². The molecule has 0 aromatic heterocycles.